The molecule has 0 radical (unpaired) electrons. The van der Waals surface area contributed by atoms with Crippen molar-refractivity contribution in [3.8, 4) is 5.75 Å². The second-order valence-corrected chi connectivity index (χ2v) is 40.6. The lowest BCUT2D eigenvalue weighted by Gasteiger charge is -2.68. The highest BCUT2D eigenvalue weighted by atomic mass is 16.8. The van der Waals surface area contributed by atoms with Gasteiger partial charge in [-0.15, -0.1) is 0 Å². The van der Waals surface area contributed by atoms with Crippen molar-refractivity contribution in [3.63, 3.8) is 0 Å². The first-order valence-corrected chi connectivity index (χ1v) is 47.2. The molecular weight excluding hydrogens is 1650 g/mol. The summed E-state index contributed by atoms with van der Waals surface area (Å²) < 4.78 is 74.9. The van der Waals surface area contributed by atoms with Crippen molar-refractivity contribution in [2.24, 2.45) is 98.6 Å². The molecule has 6 aliphatic heterocycles. The SMILES string of the molecule is CC1=CC(=O)[C@@H](O)[C@]2(C)C3[C@]45CO[C@@]3(O)[C@H](O)[C@H](C)C4C(CC(=O)CC(O)(C(C)C)C(C)C)C(=O)O[C@@H]5C[C@@H]12.CCCCCCC1OCC(COC(=O)Oc2ccc([N+](=O)[O-])cc2)O1.CCCCCCCCCCCCCCCC1OCC(COC(=O)O[C@@H]2C(=O)C=C(C)[C@@H]3C[C@H]4OC(=O)C(OC(=O)CC(O)(C(C)C)C(C)C)C5[C@@H](C)[C@@H](O)[C@]6(O)OC[C@@]54C6[C@@]23C)O1. The van der Waals surface area contributed by atoms with Crippen LogP contribution >= 0.6 is 0 Å². The number of benzene rings is 1. The number of Topliss-reactive ketones (excluding diaryl/α,β-unsaturated/α-hetero) is 1. The predicted molar refractivity (Wildman–Crippen MR) is 458 cm³/mol. The number of carbonyl (C=O) groups is 8. The minimum atomic E-state index is -2.25. The van der Waals surface area contributed by atoms with Crippen LogP contribution in [0.5, 0.6) is 5.75 Å². The molecule has 10 fully saturated rings. The quantitative estimate of drug-likeness (QED) is 0.00812. The van der Waals surface area contributed by atoms with Gasteiger partial charge in [-0.1, -0.05) is 204 Å². The molecule has 6 saturated heterocycles. The van der Waals surface area contributed by atoms with Gasteiger partial charge in [-0.05, 0) is 130 Å². The van der Waals surface area contributed by atoms with Crippen molar-refractivity contribution in [2.75, 3.05) is 39.6 Å². The van der Waals surface area contributed by atoms with Gasteiger partial charge in [0.15, 0.2) is 41.8 Å². The molecule has 7 N–H and O–H groups in total. The van der Waals surface area contributed by atoms with Gasteiger partial charge in [-0.3, -0.25) is 34.1 Å². The van der Waals surface area contributed by atoms with Crippen LogP contribution in [0.25, 0.3) is 0 Å². The van der Waals surface area contributed by atoms with Crippen LogP contribution < -0.4 is 4.74 Å². The Labute approximate surface area is 747 Å². The minimum absolute atomic E-state index is 0.0310. The number of nitrogens with zero attached hydrogens (tertiary/aromatic N) is 1. The summed E-state index contributed by atoms with van der Waals surface area (Å²) in [4.78, 5) is 117. The Kier molecular flexibility index (Phi) is 32.9. The van der Waals surface area contributed by atoms with E-state index in [0.29, 0.717) is 18.6 Å². The van der Waals surface area contributed by atoms with E-state index in [1.807, 2.05) is 27.7 Å². The average Bonchev–Trinajstić information content (AvgIpc) is 1.53. The number of aliphatic hydroxyl groups excluding tert-OH is 3. The number of rotatable bonds is 37. The number of non-ortho nitro benzene ring substituents is 1. The molecule has 0 amide bonds. The Hall–Kier alpha value is -6.46. The van der Waals surface area contributed by atoms with Gasteiger partial charge in [0.1, 0.15) is 67.5 Å². The number of nitro groups is 1. The molecule has 2 spiro atoms. The molecule has 12 aliphatic rings. The molecule has 6 heterocycles. The number of carbonyl (C=O) groups excluding carboxylic acids is 8. The summed E-state index contributed by atoms with van der Waals surface area (Å²) in [6, 6.07) is 5.17. The Balaban J connectivity index is 0.000000206. The maximum atomic E-state index is 14.1. The molecule has 127 heavy (non-hydrogen) atoms. The van der Waals surface area contributed by atoms with Gasteiger partial charge in [0.2, 0.25) is 6.10 Å². The summed E-state index contributed by atoms with van der Waals surface area (Å²) in [5.41, 5.74) is -6.26. The van der Waals surface area contributed by atoms with E-state index in [4.69, 9.17) is 61.6 Å². The fourth-order valence-electron chi connectivity index (χ4n) is 24.9. The Morgan fingerprint density at radius 3 is 1.48 bits per heavy atom. The molecule has 10 unspecified atom stereocenters. The van der Waals surface area contributed by atoms with Crippen LogP contribution in [0.2, 0.25) is 0 Å². The van der Waals surface area contributed by atoms with Gasteiger partial charge in [-0.25, -0.2) is 14.4 Å². The number of fused-ring (bicyclic) bond motifs is 2. The third kappa shape index (κ3) is 19.8. The molecule has 13 rings (SSSR count). The molecule has 714 valence electrons. The molecule has 31 heteroatoms. The number of unbranched alkanes of at least 4 members (excludes halogenated alkanes) is 15. The largest absolute Gasteiger partial charge is 0.513 e. The molecule has 0 aromatic heterocycles. The first-order chi connectivity index (χ1) is 59.9. The zero-order valence-electron chi connectivity index (χ0n) is 77.5. The topological polar surface area (TPSA) is 441 Å². The monoisotopic (exact) mass is 1790 g/mol. The highest BCUT2D eigenvalue weighted by molar-refractivity contribution is 5.98. The molecule has 1 aromatic rings. The normalized spacial score (nSPS) is 36.7. The summed E-state index contributed by atoms with van der Waals surface area (Å²) in [5.74, 6) is -15.5. The van der Waals surface area contributed by atoms with Gasteiger partial charge in [0, 0.05) is 64.4 Å². The van der Waals surface area contributed by atoms with E-state index in [-0.39, 0.29) is 118 Å². The summed E-state index contributed by atoms with van der Waals surface area (Å²) in [5, 5.41) is 92.6. The third-order valence-corrected chi connectivity index (χ3v) is 31.7. The number of nitro benzene ring substituents is 1. The number of allylic oxidation sites excluding steroid dienone is 2. The van der Waals surface area contributed by atoms with Gasteiger partial charge in [-0.2, -0.15) is 0 Å². The van der Waals surface area contributed by atoms with Crippen LogP contribution in [0.3, 0.4) is 0 Å². The fraction of sp³-hybridized carbons (Fsp3) is 0.812. The standard InChI is InChI=1S/C49H78O14.C30H44O9.C17H23NO7/c1-9-10-11-12-13-14-15-16-17-18-19-20-21-22-38-57-26-33(60-38)27-58-45(54)63-42-35(50)23-31(6)34-24-36-47-28-59-49(56,44(47)46(34,42)8)41(52)32(7)39(47)40(43(53)61-36)62-37(51)25-48(55,29(2)3)30(4)5;1-13(2)29(36,14(3)4)11-17(31)9-18-22-16(6)23(33)30(37)26-27(7)19(15(5)8-20(32)24(27)34)10-21(39-25(18)35)28(22,26)12-38-30;1-2-3-4-5-6-16-22-11-15(24-16)12-23-17(19)25-14-9-7-13(8-10-14)18(20)21/h23,29-30,32-34,36,38-42,44,52,55-56H,9-22,24-28H2,1-8H3;8,13-14,16,18-19,21-24,26,33-34,36-37H,9-12H2,1-7H3;7-10,15-16H,2-6,11-12H2,1H3/t32-,33?,34+,36-,38?,39?,40?,41-,42-,44?,46-,47+,49+;16-,18?,19+,21-,22?,23-,24-,26?,27-,28+,30+;/m11./s1. The van der Waals surface area contributed by atoms with Crippen LogP contribution in [-0.4, -0.2) is 218 Å². The molecule has 1 aromatic carbocycles. The molecule has 6 aliphatic carbocycles. The molecule has 4 bridgehead atoms. The second-order valence-electron chi connectivity index (χ2n) is 40.6. The van der Waals surface area contributed by atoms with E-state index in [9.17, 15) is 84.2 Å². The maximum Gasteiger partial charge on any atom is 0.513 e. The van der Waals surface area contributed by atoms with Gasteiger partial charge < -0.3 is 97.3 Å². The first-order valence-electron chi connectivity index (χ1n) is 47.2. The highest BCUT2D eigenvalue weighted by Gasteiger charge is 2.86. The average molecular weight is 1790 g/mol. The van der Waals surface area contributed by atoms with E-state index in [1.54, 1.807) is 69.2 Å². The summed E-state index contributed by atoms with van der Waals surface area (Å²) in [7, 11) is 0. The summed E-state index contributed by atoms with van der Waals surface area (Å²) in [6.07, 6.45) is 12.9. The number of hydrogen-bond acceptors (Lipinski definition) is 30. The lowest BCUT2D eigenvalue weighted by molar-refractivity contribution is -0.384. The van der Waals surface area contributed by atoms with Gasteiger partial charge >= 0.3 is 30.2 Å². The van der Waals surface area contributed by atoms with Crippen LogP contribution in [0.1, 0.15) is 265 Å². The van der Waals surface area contributed by atoms with Crippen molar-refractivity contribution in [1.29, 1.82) is 0 Å². The maximum absolute atomic E-state index is 14.1. The van der Waals surface area contributed by atoms with Crippen molar-refractivity contribution in [2.45, 2.75) is 355 Å². The van der Waals surface area contributed by atoms with Crippen LogP contribution in [0.15, 0.2) is 47.6 Å². The van der Waals surface area contributed by atoms with E-state index in [2.05, 4.69) is 13.8 Å². The van der Waals surface area contributed by atoms with Crippen molar-refractivity contribution in [1.82, 2.24) is 0 Å². The van der Waals surface area contributed by atoms with Crippen molar-refractivity contribution in [3.05, 3.63) is 57.7 Å². The highest BCUT2D eigenvalue weighted by Crippen LogP contribution is 2.76. The number of hydrogen-bond donors (Lipinski definition) is 7. The lowest BCUT2D eigenvalue weighted by atomic mass is 9.37. The van der Waals surface area contributed by atoms with Crippen LogP contribution in [0, 0.1) is 109 Å². The zero-order valence-corrected chi connectivity index (χ0v) is 77.5. The smallest absolute Gasteiger partial charge is 0.461 e. The number of ketones is 3. The van der Waals surface area contributed by atoms with E-state index in [1.165, 1.54) is 120 Å². The molecule has 4 saturated carbocycles. The Morgan fingerprint density at radius 1 is 0.567 bits per heavy atom. The summed E-state index contributed by atoms with van der Waals surface area (Å²) in [6.45, 7) is 29.8. The molecule has 31 nitrogen and oxygen atoms in total. The number of ether oxygens (including phenoxy) is 13. The van der Waals surface area contributed by atoms with Crippen molar-refractivity contribution < 1.29 is 141 Å². The minimum Gasteiger partial charge on any atom is -0.461 e. The molecule has 26 atom stereocenters. The Bertz CT molecular complexity index is 4070. The summed E-state index contributed by atoms with van der Waals surface area (Å²) >= 11 is 0. The van der Waals surface area contributed by atoms with Gasteiger partial charge in [0.05, 0.1) is 54.9 Å². The second kappa shape index (κ2) is 41.4. The predicted octanol–water partition coefficient (Wildman–Crippen LogP) is 13.1. The number of aliphatic hydroxyl groups is 7. The first kappa shape index (κ1) is 101. The lowest BCUT2D eigenvalue weighted by Crippen LogP contribution is -2.78. The van der Waals surface area contributed by atoms with Crippen LogP contribution in [-0.2, 0) is 85.6 Å². The van der Waals surface area contributed by atoms with E-state index >= 15 is 0 Å². The zero-order chi connectivity index (χ0) is 93.0. The van der Waals surface area contributed by atoms with E-state index < -0.39 is 194 Å². The van der Waals surface area contributed by atoms with Gasteiger partial charge in [0.25, 0.3) is 5.69 Å². The van der Waals surface area contributed by atoms with E-state index in [0.717, 1.165) is 44.1 Å². The third-order valence-electron chi connectivity index (χ3n) is 31.7. The fourth-order valence-corrected chi connectivity index (χ4v) is 24.9. The van der Waals surface area contributed by atoms with Crippen LogP contribution in [0.4, 0.5) is 15.3 Å². The Morgan fingerprint density at radius 2 is 0.992 bits per heavy atom. The van der Waals surface area contributed by atoms with Crippen molar-refractivity contribution >= 4 is 53.3 Å². The number of esters is 3. The molecular formula is C96H145NO30.